The number of amides is 1. The van der Waals surface area contributed by atoms with Crippen LogP contribution in [-0.4, -0.2) is 23.4 Å². The van der Waals surface area contributed by atoms with Gasteiger partial charge in [0.15, 0.2) is 0 Å². The summed E-state index contributed by atoms with van der Waals surface area (Å²) in [7, 11) is 0. The lowest BCUT2D eigenvalue weighted by atomic mass is 10.2. The van der Waals surface area contributed by atoms with E-state index in [2.05, 4.69) is 17.9 Å². The summed E-state index contributed by atoms with van der Waals surface area (Å²) in [5.74, 6) is 0.354. The fourth-order valence-electron chi connectivity index (χ4n) is 2.14. The molecule has 2 heteroatoms. The van der Waals surface area contributed by atoms with Crippen LogP contribution in [0.4, 0.5) is 0 Å². The molecule has 0 radical (unpaired) electrons. The van der Waals surface area contributed by atoms with Crippen LogP contribution in [0.5, 0.6) is 0 Å². The molecule has 1 atom stereocenters. The zero-order valence-electron chi connectivity index (χ0n) is 8.96. The molecule has 0 N–H and O–H groups in total. The maximum Gasteiger partial charge on any atom is 0.223 e. The van der Waals surface area contributed by atoms with Crippen molar-refractivity contribution in [2.75, 3.05) is 6.54 Å². The van der Waals surface area contributed by atoms with E-state index in [1.807, 2.05) is 0 Å². The van der Waals surface area contributed by atoms with Gasteiger partial charge in [0.05, 0.1) is 6.04 Å². The highest BCUT2D eigenvalue weighted by Crippen LogP contribution is 2.31. The molecule has 2 fully saturated rings. The minimum absolute atomic E-state index is 0.354. The zero-order valence-corrected chi connectivity index (χ0v) is 8.96. The summed E-state index contributed by atoms with van der Waals surface area (Å²) in [6.07, 6.45) is 8.93. The van der Waals surface area contributed by atoms with Crippen LogP contribution >= 0.6 is 0 Å². The normalized spacial score (nSPS) is 25.4. The summed E-state index contributed by atoms with van der Waals surface area (Å²) < 4.78 is 0. The molecule has 14 heavy (non-hydrogen) atoms. The number of carbonyl (C=O) groups excluding carboxylic acids is 1. The van der Waals surface area contributed by atoms with E-state index in [4.69, 9.17) is 0 Å². The fraction of sp³-hybridized carbons (Fsp3) is 0.750. The molecule has 1 aliphatic heterocycles. The summed E-state index contributed by atoms with van der Waals surface area (Å²) in [5, 5.41) is 0. The molecule has 1 amide bonds. The van der Waals surface area contributed by atoms with Gasteiger partial charge >= 0.3 is 0 Å². The van der Waals surface area contributed by atoms with E-state index in [1.165, 1.54) is 25.7 Å². The van der Waals surface area contributed by atoms with Crippen molar-refractivity contribution in [3.8, 4) is 0 Å². The lowest BCUT2D eigenvalue weighted by molar-refractivity contribution is -0.131. The van der Waals surface area contributed by atoms with E-state index in [-0.39, 0.29) is 0 Å². The SMILES string of the molecule is CCCC(=O)N1CCCC1C=C1CC1. The van der Waals surface area contributed by atoms with Gasteiger partial charge in [-0.3, -0.25) is 4.79 Å². The molecule has 0 bridgehead atoms. The molecule has 2 nitrogen and oxygen atoms in total. The van der Waals surface area contributed by atoms with Crippen LogP contribution in [0.1, 0.15) is 45.4 Å². The van der Waals surface area contributed by atoms with Crippen LogP contribution in [0.2, 0.25) is 0 Å². The predicted octanol–water partition coefficient (Wildman–Crippen LogP) is 2.50. The molecule has 0 spiro atoms. The van der Waals surface area contributed by atoms with Gasteiger partial charge < -0.3 is 4.90 Å². The van der Waals surface area contributed by atoms with Crippen LogP contribution in [0.25, 0.3) is 0 Å². The van der Waals surface area contributed by atoms with Crippen LogP contribution in [0, 0.1) is 0 Å². The minimum atomic E-state index is 0.354. The van der Waals surface area contributed by atoms with Crippen LogP contribution < -0.4 is 0 Å². The van der Waals surface area contributed by atoms with Crippen LogP contribution in [0.3, 0.4) is 0 Å². The number of hydrogen-bond acceptors (Lipinski definition) is 1. The molecule has 0 aromatic heterocycles. The number of likely N-dealkylation sites (tertiary alicyclic amines) is 1. The van der Waals surface area contributed by atoms with Gasteiger partial charge in [-0.15, -0.1) is 0 Å². The average molecular weight is 193 g/mol. The van der Waals surface area contributed by atoms with Gasteiger partial charge in [-0.1, -0.05) is 18.6 Å². The molecule has 2 aliphatic rings. The van der Waals surface area contributed by atoms with E-state index in [0.29, 0.717) is 11.9 Å². The number of carbonyl (C=O) groups is 1. The van der Waals surface area contributed by atoms with Gasteiger partial charge in [-0.25, -0.2) is 0 Å². The quantitative estimate of drug-likeness (QED) is 0.631. The Bertz CT molecular complexity index is 251. The van der Waals surface area contributed by atoms with Crippen molar-refractivity contribution in [1.29, 1.82) is 0 Å². The van der Waals surface area contributed by atoms with E-state index in [1.54, 1.807) is 5.57 Å². The molecular weight excluding hydrogens is 174 g/mol. The first kappa shape index (κ1) is 9.75. The molecule has 2 rings (SSSR count). The fourth-order valence-corrected chi connectivity index (χ4v) is 2.14. The van der Waals surface area contributed by atoms with Crippen molar-refractivity contribution in [3.63, 3.8) is 0 Å². The number of hydrogen-bond donors (Lipinski definition) is 0. The molecule has 0 aromatic rings. The summed E-state index contributed by atoms with van der Waals surface area (Å²) >= 11 is 0. The molecule has 1 saturated heterocycles. The topological polar surface area (TPSA) is 20.3 Å². The third-order valence-corrected chi connectivity index (χ3v) is 3.05. The Morgan fingerprint density at radius 2 is 2.36 bits per heavy atom. The van der Waals surface area contributed by atoms with Gasteiger partial charge in [-0.2, -0.15) is 0 Å². The summed E-state index contributed by atoms with van der Waals surface area (Å²) in [6.45, 7) is 3.05. The molecule has 78 valence electrons. The molecular formula is C12H19NO. The van der Waals surface area contributed by atoms with Crippen molar-refractivity contribution in [2.24, 2.45) is 0 Å². The predicted molar refractivity (Wildman–Crippen MR) is 57.0 cm³/mol. The van der Waals surface area contributed by atoms with Crippen molar-refractivity contribution in [2.45, 2.75) is 51.5 Å². The number of nitrogens with zero attached hydrogens (tertiary/aromatic N) is 1. The van der Waals surface area contributed by atoms with E-state index in [9.17, 15) is 4.79 Å². The molecule has 1 saturated carbocycles. The van der Waals surface area contributed by atoms with Gasteiger partial charge in [0.25, 0.3) is 0 Å². The third-order valence-electron chi connectivity index (χ3n) is 3.05. The van der Waals surface area contributed by atoms with Crippen molar-refractivity contribution < 1.29 is 4.79 Å². The lowest BCUT2D eigenvalue weighted by Crippen LogP contribution is -2.34. The van der Waals surface area contributed by atoms with E-state index in [0.717, 1.165) is 19.4 Å². The Morgan fingerprint density at radius 1 is 1.57 bits per heavy atom. The van der Waals surface area contributed by atoms with Crippen molar-refractivity contribution in [3.05, 3.63) is 11.6 Å². The lowest BCUT2D eigenvalue weighted by Gasteiger charge is -2.22. The largest absolute Gasteiger partial charge is 0.336 e. The highest BCUT2D eigenvalue weighted by molar-refractivity contribution is 5.77. The molecule has 1 aliphatic carbocycles. The number of allylic oxidation sites excluding steroid dienone is 1. The summed E-state index contributed by atoms with van der Waals surface area (Å²) in [5.41, 5.74) is 1.56. The Balaban J connectivity index is 1.95. The molecule has 0 aromatic carbocycles. The van der Waals surface area contributed by atoms with Gasteiger partial charge in [0, 0.05) is 13.0 Å². The number of rotatable bonds is 3. The second kappa shape index (κ2) is 4.16. The first-order valence-corrected chi connectivity index (χ1v) is 5.80. The Morgan fingerprint density at radius 3 is 3.00 bits per heavy atom. The second-order valence-corrected chi connectivity index (χ2v) is 4.37. The summed E-state index contributed by atoms with van der Waals surface area (Å²) in [4.78, 5) is 13.8. The average Bonchev–Trinajstić information content (AvgIpc) is 2.82. The monoisotopic (exact) mass is 193 g/mol. The zero-order chi connectivity index (χ0) is 9.97. The minimum Gasteiger partial charge on any atom is -0.336 e. The Labute approximate surface area is 86.0 Å². The summed E-state index contributed by atoms with van der Waals surface area (Å²) in [6, 6.07) is 0.437. The first-order chi connectivity index (χ1) is 6.81. The van der Waals surface area contributed by atoms with Crippen molar-refractivity contribution in [1.82, 2.24) is 4.90 Å². The van der Waals surface area contributed by atoms with Gasteiger partial charge in [0.2, 0.25) is 5.91 Å². The van der Waals surface area contributed by atoms with Gasteiger partial charge in [-0.05, 0) is 32.1 Å². The maximum atomic E-state index is 11.8. The highest BCUT2D eigenvalue weighted by atomic mass is 16.2. The molecule has 1 unspecified atom stereocenters. The van der Waals surface area contributed by atoms with Gasteiger partial charge in [0.1, 0.15) is 0 Å². The highest BCUT2D eigenvalue weighted by Gasteiger charge is 2.27. The van der Waals surface area contributed by atoms with Crippen LogP contribution in [-0.2, 0) is 4.79 Å². The maximum absolute atomic E-state index is 11.8. The third kappa shape index (κ3) is 2.17. The Kier molecular flexibility index (Phi) is 2.90. The first-order valence-electron chi connectivity index (χ1n) is 5.80. The second-order valence-electron chi connectivity index (χ2n) is 4.37. The molecule has 1 heterocycles. The smallest absolute Gasteiger partial charge is 0.223 e. The van der Waals surface area contributed by atoms with Crippen molar-refractivity contribution >= 4 is 5.91 Å². The Hall–Kier alpha value is -0.790. The van der Waals surface area contributed by atoms with Crippen LogP contribution in [0.15, 0.2) is 11.6 Å². The van der Waals surface area contributed by atoms with E-state index < -0.39 is 0 Å². The standard InChI is InChI=1S/C12H19NO/c1-2-4-12(14)13-8-3-5-11(13)9-10-6-7-10/h9,11H,2-8H2,1H3. The van der Waals surface area contributed by atoms with E-state index >= 15 is 0 Å².